The van der Waals surface area contributed by atoms with Gasteiger partial charge in [-0.05, 0) is 31.2 Å². The number of hydrogen-bond donors (Lipinski definition) is 1. The van der Waals surface area contributed by atoms with Gasteiger partial charge in [-0.1, -0.05) is 19.8 Å². The van der Waals surface area contributed by atoms with Gasteiger partial charge in [-0.3, -0.25) is 4.68 Å². The van der Waals surface area contributed by atoms with E-state index in [-0.39, 0.29) is 0 Å². The van der Waals surface area contributed by atoms with Gasteiger partial charge >= 0.3 is 5.97 Å². The summed E-state index contributed by atoms with van der Waals surface area (Å²) in [7, 11) is 0. The molecule has 0 spiro atoms. The molecule has 0 aliphatic heterocycles. The second kappa shape index (κ2) is 3.92. The third-order valence-corrected chi connectivity index (χ3v) is 3.52. The van der Waals surface area contributed by atoms with Gasteiger partial charge in [0.2, 0.25) is 0 Å². The lowest BCUT2D eigenvalue weighted by molar-refractivity contribution is -0.151. The molecule has 88 valence electrons. The predicted molar refractivity (Wildman–Crippen MR) is 60.2 cm³/mol. The second-order valence-corrected chi connectivity index (χ2v) is 5.00. The first kappa shape index (κ1) is 11.2. The fraction of sp³-hybridized carbons (Fsp3) is 0.667. The number of hydrogen-bond acceptors (Lipinski definition) is 2. The van der Waals surface area contributed by atoms with Crippen LogP contribution in [0.2, 0.25) is 0 Å². The van der Waals surface area contributed by atoms with E-state index >= 15 is 0 Å². The summed E-state index contributed by atoms with van der Waals surface area (Å²) in [5.74, 6) is -0.295. The Hall–Kier alpha value is -1.32. The molecule has 16 heavy (non-hydrogen) atoms. The number of aryl methyl sites for hydroxylation is 1. The van der Waals surface area contributed by atoms with Gasteiger partial charge < -0.3 is 5.11 Å². The molecule has 1 aromatic heterocycles. The van der Waals surface area contributed by atoms with Crippen molar-refractivity contribution in [3.05, 3.63) is 18.0 Å². The number of carboxylic acids is 1. The van der Waals surface area contributed by atoms with Crippen LogP contribution in [0.5, 0.6) is 0 Å². The van der Waals surface area contributed by atoms with Gasteiger partial charge in [0.05, 0.1) is 6.20 Å². The highest BCUT2D eigenvalue weighted by Crippen LogP contribution is 2.38. The summed E-state index contributed by atoms with van der Waals surface area (Å²) < 4.78 is 1.65. The molecule has 1 heterocycles. The highest BCUT2D eigenvalue weighted by atomic mass is 16.4. The van der Waals surface area contributed by atoms with Crippen molar-refractivity contribution in [1.29, 1.82) is 0 Å². The van der Waals surface area contributed by atoms with Gasteiger partial charge in [-0.25, -0.2) is 4.79 Å². The van der Waals surface area contributed by atoms with E-state index in [9.17, 15) is 9.90 Å². The Labute approximate surface area is 95.3 Å². The van der Waals surface area contributed by atoms with Crippen LogP contribution in [-0.2, 0) is 10.3 Å². The standard InChI is InChI=1S/C12H18N2O2/c1-9-4-3-5-12(6-9,11(15)16)14-8-10(2)7-13-14/h7-9H,3-6H2,1-2H3,(H,15,16). The van der Waals surface area contributed by atoms with Gasteiger partial charge in [-0.15, -0.1) is 0 Å². The van der Waals surface area contributed by atoms with E-state index in [2.05, 4.69) is 12.0 Å². The number of carbonyl (C=O) groups is 1. The molecule has 0 saturated heterocycles. The molecule has 0 radical (unpaired) electrons. The topological polar surface area (TPSA) is 55.1 Å². The smallest absolute Gasteiger partial charge is 0.331 e. The molecular weight excluding hydrogens is 204 g/mol. The minimum atomic E-state index is -0.814. The molecule has 0 amide bonds. The van der Waals surface area contributed by atoms with Gasteiger partial charge in [-0.2, -0.15) is 5.10 Å². The zero-order valence-electron chi connectivity index (χ0n) is 9.81. The molecular formula is C12H18N2O2. The average Bonchev–Trinajstić information content (AvgIpc) is 2.65. The minimum Gasteiger partial charge on any atom is -0.479 e. The third-order valence-electron chi connectivity index (χ3n) is 3.52. The molecule has 0 bridgehead atoms. The number of carboxylic acid groups (broad SMARTS) is 1. The number of aromatic nitrogens is 2. The van der Waals surface area contributed by atoms with E-state index in [1.165, 1.54) is 0 Å². The van der Waals surface area contributed by atoms with Gasteiger partial charge in [0, 0.05) is 6.20 Å². The second-order valence-electron chi connectivity index (χ2n) is 5.00. The summed E-state index contributed by atoms with van der Waals surface area (Å²) in [6.45, 7) is 4.05. The summed E-state index contributed by atoms with van der Waals surface area (Å²) >= 11 is 0. The van der Waals surface area contributed by atoms with Crippen LogP contribution in [0.3, 0.4) is 0 Å². The van der Waals surface area contributed by atoms with E-state index in [4.69, 9.17) is 0 Å². The lowest BCUT2D eigenvalue weighted by Crippen LogP contribution is -2.45. The summed E-state index contributed by atoms with van der Waals surface area (Å²) in [6, 6.07) is 0. The number of rotatable bonds is 2. The van der Waals surface area contributed by atoms with Crippen molar-refractivity contribution in [2.45, 2.75) is 45.1 Å². The average molecular weight is 222 g/mol. The van der Waals surface area contributed by atoms with Crippen molar-refractivity contribution in [2.75, 3.05) is 0 Å². The molecule has 2 unspecified atom stereocenters. The monoisotopic (exact) mass is 222 g/mol. The highest BCUT2D eigenvalue weighted by molar-refractivity contribution is 5.76. The van der Waals surface area contributed by atoms with Gasteiger partial charge in [0.1, 0.15) is 0 Å². The van der Waals surface area contributed by atoms with E-state index in [1.807, 2.05) is 13.1 Å². The Kier molecular flexibility index (Phi) is 2.74. The largest absolute Gasteiger partial charge is 0.479 e. The van der Waals surface area contributed by atoms with Crippen LogP contribution in [0.1, 0.15) is 38.2 Å². The zero-order valence-corrected chi connectivity index (χ0v) is 9.81. The number of nitrogens with zero attached hydrogens (tertiary/aromatic N) is 2. The van der Waals surface area contributed by atoms with E-state index in [0.717, 1.165) is 18.4 Å². The summed E-state index contributed by atoms with van der Waals surface area (Å²) in [4.78, 5) is 11.6. The molecule has 2 atom stereocenters. The van der Waals surface area contributed by atoms with Crippen LogP contribution < -0.4 is 0 Å². The first-order valence-corrected chi connectivity index (χ1v) is 5.80. The van der Waals surface area contributed by atoms with Crippen molar-refractivity contribution in [3.8, 4) is 0 Å². The molecule has 1 fully saturated rings. The molecule has 1 aliphatic rings. The van der Waals surface area contributed by atoms with Crippen molar-refractivity contribution in [3.63, 3.8) is 0 Å². The van der Waals surface area contributed by atoms with E-state index < -0.39 is 11.5 Å². The Morgan fingerprint density at radius 2 is 2.44 bits per heavy atom. The van der Waals surface area contributed by atoms with Crippen molar-refractivity contribution in [2.24, 2.45) is 5.92 Å². The van der Waals surface area contributed by atoms with Crippen LogP contribution in [-0.4, -0.2) is 20.9 Å². The van der Waals surface area contributed by atoms with Crippen LogP contribution in [0.15, 0.2) is 12.4 Å². The van der Waals surface area contributed by atoms with Gasteiger partial charge in [0.15, 0.2) is 5.54 Å². The Morgan fingerprint density at radius 1 is 1.69 bits per heavy atom. The molecule has 0 aromatic carbocycles. The zero-order chi connectivity index (χ0) is 11.8. The fourth-order valence-corrected chi connectivity index (χ4v) is 2.67. The first-order valence-electron chi connectivity index (χ1n) is 5.80. The van der Waals surface area contributed by atoms with Crippen LogP contribution in [0, 0.1) is 12.8 Å². The Balaban J connectivity index is 2.39. The SMILES string of the molecule is Cc1cnn(C2(C(=O)O)CCCC(C)C2)c1. The summed E-state index contributed by atoms with van der Waals surface area (Å²) in [5, 5.41) is 13.7. The first-order chi connectivity index (χ1) is 7.54. The lowest BCUT2D eigenvalue weighted by atomic mass is 9.76. The van der Waals surface area contributed by atoms with Crippen molar-refractivity contribution < 1.29 is 9.90 Å². The summed E-state index contributed by atoms with van der Waals surface area (Å²) in [5.41, 5.74) is 0.199. The molecule has 4 heteroatoms. The van der Waals surface area contributed by atoms with Crippen molar-refractivity contribution in [1.82, 2.24) is 9.78 Å². The Morgan fingerprint density at radius 3 is 2.94 bits per heavy atom. The van der Waals surface area contributed by atoms with E-state index in [0.29, 0.717) is 18.8 Å². The van der Waals surface area contributed by atoms with Gasteiger partial charge in [0.25, 0.3) is 0 Å². The molecule has 4 nitrogen and oxygen atoms in total. The minimum absolute atomic E-state index is 0.453. The fourth-order valence-electron chi connectivity index (χ4n) is 2.67. The third kappa shape index (κ3) is 1.72. The van der Waals surface area contributed by atoms with Crippen LogP contribution in [0.4, 0.5) is 0 Å². The molecule has 1 aliphatic carbocycles. The lowest BCUT2D eigenvalue weighted by Gasteiger charge is -2.36. The van der Waals surface area contributed by atoms with Crippen LogP contribution >= 0.6 is 0 Å². The molecule has 2 rings (SSSR count). The number of aliphatic carboxylic acids is 1. The molecule has 1 saturated carbocycles. The predicted octanol–water partition coefficient (Wildman–Crippen LogP) is 2.18. The van der Waals surface area contributed by atoms with Crippen molar-refractivity contribution >= 4 is 5.97 Å². The van der Waals surface area contributed by atoms with Crippen LogP contribution in [0.25, 0.3) is 0 Å². The maximum Gasteiger partial charge on any atom is 0.331 e. The Bertz CT molecular complexity index is 399. The molecule has 1 aromatic rings. The highest BCUT2D eigenvalue weighted by Gasteiger charge is 2.44. The quantitative estimate of drug-likeness (QED) is 0.834. The normalized spacial score (nSPS) is 30.2. The maximum absolute atomic E-state index is 11.6. The summed E-state index contributed by atoms with van der Waals surface area (Å²) in [6.07, 6.45) is 7.02. The maximum atomic E-state index is 11.6. The van der Waals surface area contributed by atoms with E-state index in [1.54, 1.807) is 10.9 Å². The molecule has 1 N–H and O–H groups in total.